The molecule has 62 valence electrons. The Kier molecular flexibility index (Phi) is 3.86. The van der Waals surface area contributed by atoms with E-state index in [0.29, 0.717) is 12.5 Å². The Hall–Kier alpha value is -0.120. The molecule has 0 aromatic rings. The van der Waals surface area contributed by atoms with Gasteiger partial charge in [-0.25, -0.2) is 0 Å². The zero-order valence-electron chi connectivity index (χ0n) is 6.79. The minimum Gasteiger partial charge on any atom is -0.391 e. The number of aliphatic hydroxyl groups is 2. The molecule has 3 nitrogen and oxygen atoms in total. The summed E-state index contributed by atoms with van der Waals surface area (Å²) in [5.74, 6) is -0.998. The van der Waals surface area contributed by atoms with Crippen LogP contribution in [0.4, 0.5) is 0 Å². The third-order valence-corrected chi connectivity index (χ3v) is 1.02. The maximum absolute atomic E-state index is 9.10. The zero-order chi connectivity index (χ0) is 8.20. The smallest absolute Gasteiger partial charge is 0.186 e. The highest BCUT2D eigenvalue weighted by Gasteiger charge is 2.19. The minimum atomic E-state index is -1.37. The summed E-state index contributed by atoms with van der Waals surface area (Å²) in [5, 5.41) is 17.6. The van der Waals surface area contributed by atoms with Gasteiger partial charge in [-0.15, -0.1) is 0 Å². The lowest BCUT2D eigenvalue weighted by atomic mass is 10.2. The molecule has 0 aliphatic rings. The van der Waals surface area contributed by atoms with Crippen molar-refractivity contribution < 1.29 is 14.9 Å². The number of rotatable bonds is 4. The van der Waals surface area contributed by atoms with Crippen LogP contribution in [0.3, 0.4) is 0 Å². The Morgan fingerprint density at radius 1 is 1.50 bits per heavy atom. The largest absolute Gasteiger partial charge is 0.391 e. The summed E-state index contributed by atoms with van der Waals surface area (Å²) in [5.41, 5.74) is 0. The normalized spacial score (nSPS) is 17.4. The second kappa shape index (κ2) is 3.91. The summed E-state index contributed by atoms with van der Waals surface area (Å²) >= 11 is 0. The molecule has 0 aliphatic carbocycles. The SMILES string of the molecule is CC(C)COC(C)(O)CO. The van der Waals surface area contributed by atoms with E-state index >= 15 is 0 Å². The summed E-state index contributed by atoms with van der Waals surface area (Å²) in [7, 11) is 0. The summed E-state index contributed by atoms with van der Waals surface area (Å²) in [4.78, 5) is 0. The maximum atomic E-state index is 9.10. The Labute approximate surface area is 61.6 Å². The van der Waals surface area contributed by atoms with Crippen LogP contribution in [-0.4, -0.2) is 29.2 Å². The predicted octanol–water partition coefficient (Wildman–Crippen LogP) is 0.360. The van der Waals surface area contributed by atoms with Gasteiger partial charge >= 0.3 is 0 Å². The minimum absolute atomic E-state index is 0.361. The molecule has 0 aliphatic heterocycles. The molecule has 1 unspecified atom stereocenters. The van der Waals surface area contributed by atoms with Gasteiger partial charge in [-0.2, -0.15) is 0 Å². The third kappa shape index (κ3) is 4.73. The summed E-state index contributed by atoms with van der Waals surface area (Å²) in [6, 6.07) is 0. The van der Waals surface area contributed by atoms with Crippen molar-refractivity contribution in [1.29, 1.82) is 0 Å². The second-order valence-electron chi connectivity index (χ2n) is 3.04. The Morgan fingerprint density at radius 3 is 2.30 bits per heavy atom. The molecule has 0 rings (SSSR count). The fourth-order valence-electron chi connectivity index (χ4n) is 0.392. The fraction of sp³-hybridized carbons (Fsp3) is 1.00. The first-order chi connectivity index (χ1) is 4.48. The number of aliphatic hydroxyl groups excluding tert-OH is 1. The van der Waals surface area contributed by atoms with E-state index in [1.165, 1.54) is 6.92 Å². The van der Waals surface area contributed by atoms with Crippen LogP contribution in [-0.2, 0) is 4.74 Å². The van der Waals surface area contributed by atoms with Crippen molar-refractivity contribution in [2.24, 2.45) is 5.92 Å². The first-order valence-corrected chi connectivity index (χ1v) is 3.45. The van der Waals surface area contributed by atoms with Gasteiger partial charge in [-0.1, -0.05) is 13.8 Å². The molecule has 0 fully saturated rings. The van der Waals surface area contributed by atoms with Gasteiger partial charge in [0.2, 0.25) is 0 Å². The highest BCUT2D eigenvalue weighted by Crippen LogP contribution is 2.06. The lowest BCUT2D eigenvalue weighted by Crippen LogP contribution is -2.33. The van der Waals surface area contributed by atoms with E-state index < -0.39 is 5.79 Å². The van der Waals surface area contributed by atoms with E-state index in [-0.39, 0.29) is 6.61 Å². The molecular formula is C7H16O3. The summed E-state index contributed by atoms with van der Waals surface area (Å²) in [6.45, 7) is 5.50. The van der Waals surface area contributed by atoms with Crippen LogP contribution in [0.1, 0.15) is 20.8 Å². The van der Waals surface area contributed by atoms with Crippen molar-refractivity contribution in [2.75, 3.05) is 13.2 Å². The molecule has 0 saturated carbocycles. The predicted molar refractivity (Wildman–Crippen MR) is 38.5 cm³/mol. The van der Waals surface area contributed by atoms with Crippen molar-refractivity contribution >= 4 is 0 Å². The van der Waals surface area contributed by atoms with Crippen LogP contribution in [0.5, 0.6) is 0 Å². The number of hydrogen-bond acceptors (Lipinski definition) is 3. The van der Waals surface area contributed by atoms with Crippen LogP contribution in [0, 0.1) is 5.92 Å². The average molecular weight is 148 g/mol. The van der Waals surface area contributed by atoms with Crippen LogP contribution in [0.25, 0.3) is 0 Å². The van der Waals surface area contributed by atoms with Gasteiger partial charge in [0.1, 0.15) is 0 Å². The van der Waals surface area contributed by atoms with Crippen LogP contribution in [0.15, 0.2) is 0 Å². The monoisotopic (exact) mass is 148 g/mol. The van der Waals surface area contributed by atoms with Crippen LogP contribution >= 0.6 is 0 Å². The Bertz CT molecular complexity index is 88.9. The van der Waals surface area contributed by atoms with Crippen LogP contribution < -0.4 is 0 Å². The molecule has 2 N–H and O–H groups in total. The molecular weight excluding hydrogens is 132 g/mol. The van der Waals surface area contributed by atoms with Crippen LogP contribution in [0.2, 0.25) is 0 Å². The second-order valence-corrected chi connectivity index (χ2v) is 3.04. The van der Waals surface area contributed by atoms with Gasteiger partial charge in [-0.3, -0.25) is 0 Å². The maximum Gasteiger partial charge on any atom is 0.186 e. The third-order valence-electron chi connectivity index (χ3n) is 1.02. The van der Waals surface area contributed by atoms with Gasteiger partial charge in [0, 0.05) is 0 Å². The molecule has 0 amide bonds. The van der Waals surface area contributed by atoms with Crippen molar-refractivity contribution in [1.82, 2.24) is 0 Å². The molecule has 10 heavy (non-hydrogen) atoms. The molecule has 0 aromatic heterocycles. The Balaban J connectivity index is 3.46. The highest BCUT2D eigenvalue weighted by molar-refractivity contribution is 4.56. The molecule has 0 aromatic carbocycles. The zero-order valence-corrected chi connectivity index (χ0v) is 6.79. The highest BCUT2D eigenvalue weighted by atomic mass is 16.6. The first kappa shape index (κ1) is 9.88. The lowest BCUT2D eigenvalue weighted by Gasteiger charge is -2.21. The topological polar surface area (TPSA) is 49.7 Å². The quantitative estimate of drug-likeness (QED) is 0.566. The van der Waals surface area contributed by atoms with Crippen molar-refractivity contribution in [3.8, 4) is 0 Å². The standard InChI is InChI=1S/C7H16O3/c1-6(2)4-10-7(3,9)5-8/h6,8-9H,4-5H2,1-3H3. The fourth-order valence-corrected chi connectivity index (χ4v) is 0.392. The van der Waals surface area contributed by atoms with E-state index in [1.54, 1.807) is 0 Å². The van der Waals surface area contributed by atoms with E-state index in [4.69, 9.17) is 14.9 Å². The van der Waals surface area contributed by atoms with E-state index in [0.717, 1.165) is 0 Å². The molecule has 0 spiro atoms. The van der Waals surface area contributed by atoms with E-state index in [1.807, 2.05) is 13.8 Å². The summed E-state index contributed by atoms with van der Waals surface area (Å²) in [6.07, 6.45) is 0. The summed E-state index contributed by atoms with van der Waals surface area (Å²) < 4.78 is 4.95. The average Bonchev–Trinajstić information content (AvgIpc) is 1.85. The van der Waals surface area contributed by atoms with Gasteiger partial charge in [0.15, 0.2) is 5.79 Å². The van der Waals surface area contributed by atoms with Gasteiger partial charge in [0.05, 0.1) is 13.2 Å². The van der Waals surface area contributed by atoms with E-state index in [9.17, 15) is 0 Å². The van der Waals surface area contributed by atoms with E-state index in [2.05, 4.69) is 0 Å². The molecule has 0 saturated heterocycles. The van der Waals surface area contributed by atoms with Gasteiger partial charge in [-0.05, 0) is 12.8 Å². The van der Waals surface area contributed by atoms with Crippen molar-refractivity contribution in [3.63, 3.8) is 0 Å². The molecule has 3 heteroatoms. The van der Waals surface area contributed by atoms with Gasteiger partial charge in [0.25, 0.3) is 0 Å². The van der Waals surface area contributed by atoms with Crippen molar-refractivity contribution in [2.45, 2.75) is 26.6 Å². The van der Waals surface area contributed by atoms with Gasteiger partial charge < -0.3 is 14.9 Å². The first-order valence-electron chi connectivity index (χ1n) is 3.45. The molecule has 0 heterocycles. The number of ether oxygens (including phenoxy) is 1. The molecule has 0 bridgehead atoms. The lowest BCUT2D eigenvalue weighted by molar-refractivity contribution is -0.215. The Morgan fingerprint density at radius 2 is 2.00 bits per heavy atom. The van der Waals surface area contributed by atoms with Crippen molar-refractivity contribution in [3.05, 3.63) is 0 Å². The number of hydrogen-bond donors (Lipinski definition) is 2. The molecule has 0 radical (unpaired) electrons. The molecule has 1 atom stereocenters.